The van der Waals surface area contributed by atoms with E-state index in [4.69, 9.17) is 26.4 Å². The number of carbonyl (C=O) groups is 2. The third-order valence-corrected chi connectivity index (χ3v) is 7.33. The molecule has 0 aliphatic carbocycles. The minimum atomic E-state index is -0.622. The maximum absolute atomic E-state index is 12.8. The van der Waals surface area contributed by atoms with E-state index in [0.717, 1.165) is 29.9 Å². The lowest BCUT2D eigenvalue weighted by Gasteiger charge is -2.30. The lowest BCUT2D eigenvalue weighted by atomic mass is 9.95. The van der Waals surface area contributed by atoms with Gasteiger partial charge >= 0.3 is 5.97 Å². The molecule has 4 rings (SSSR count). The second-order valence-electron chi connectivity index (χ2n) is 10.1. The van der Waals surface area contributed by atoms with Crippen LogP contribution in [0.15, 0.2) is 89.2 Å². The smallest absolute Gasteiger partial charge is 0.338 e. The van der Waals surface area contributed by atoms with Gasteiger partial charge in [-0.1, -0.05) is 48.5 Å². The summed E-state index contributed by atoms with van der Waals surface area (Å²) in [6.45, 7) is 9.76. The normalized spacial score (nSPS) is 14.4. The molecule has 3 N–H and O–H groups in total. The second-order valence-corrected chi connectivity index (χ2v) is 10.5. The number of anilines is 1. The molecule has 45 heavy (non-hydrogen) atoms. The average molecular weight is 630 g/mol. The first-order valence-corrected chi connectivity index (χ1v) is 15.3. The minimum absolute atomic E-state index is 0.229. The van der Waals surface area contributed by atoms with E-state index in [0.29, 0.717) is 40.1 Å². The number of amides is 1. The van der Waals surface area contributed by atoms with E-state index in [9.17, 15) is 9.59 Å². The zero-order valence-corrected chi connectivity index (χ0v) is 26.8. The molecular formula is C34H39N5O5S. The highest BCUT2D eigenvalue weighted by Crippen LogP contribution is 2.33. The Morgan fingerprint density at radius 2 is 1.71 bits per heavy atom. The van der Waals surface area contributed by atoms with Gasteiger partial charge in [-0.05, 0) is 63.7 Å². The topological polar surface area (TPSA) is 114 Å². The zero-order valence-electron chi connectivity index (χ0n) is 26.0. The first-order valence-electron chi connectivity index (χ1n) is 14.9. The van der Waals surface area contributed by atoms with E-state index in [1.165, 1.54) is 0 Å². The summed E-state index contributed by atoms with van der Waals surface area (Å²) in [6.07, 6.45) is 1.55. The van der Waals surface area contributed by atoms with Gasteiger partial charge in [-0.15, -0.1) is 0 Å². The van der Waals surface area contributed by atoms with Crippen LogP contribution in [0.3, 0.4) is 0 Å². The van der Waals surface area contributed by atoms with Crippen molar-refractivity contribution in [2.45, 2.75) is 40.3 Å². The number of benzene rings is 3. The molecule has 1 amide bonds. The van der Waals surface area contributed by atoms with Gasteiger partial charge in [0.1, 0.15) is 18.1 Å². The minimum Gasteiger partial charge on any atom is -0.488 e. The van der Waals surface area contributed by atoms with Crippen molar-refractivity contribution in [1.29, 1.82) is 0 Å². The van der Waals surface area contributed by atoms with E-state index < -0.39 is 17.9 Å². The Balaban J connectivity index is 1.45. The Labute approximate surface area is 269 Å². The number of allylic oxidation sites excluding steroid dienone is 1. The largest absolute Gasteiger partial charge is 0.488 e. The summed E-state index contributed by atoms with van der Waals surface area (Å²) in [4.78, 5) is 27.8. The molecule has 236 valence electrons. The Kier molecular flexibility index (Phi) is 11.9. The maximum atomic E-state index is 12.8. The van der Waals surface area contributed by atoms with Crippen molar-refractivity contribution in [3.05, 3.63) is 101 Å². The second kappa shape index (κ2) is 16.2. The fraction of sp³-hybridized carbons (Fsp3) is 0.294. The fourth-order valence-corrected chi connectivity index (χ4v) is 5.15. The first kappa shape index (κ1) is 33.0. The quantitative estimate of drug-likeness (QED) is 0.0982. The van der Waals surface area contributed by atoms with Crippen molar-refractivity contribution in [2.24, 2.45) is 5.10 Å². The van der Waals surface area contributed by atoms with Crippen molar-refractivity contribution in [2.75, 3.05) is 31.2 Å². The van der Waals surface area contributed by atoms with Crippen LogP contribution in [0, 0.1) is 0 Å². The van der Waals surface area contributed by atoms with Gasteiger partial charge in [-0.3, -0.25) is 4.79 Å². The van der Waals surface area contributed by atoms with Gasteiger partial charge in [0, 0.05) is 41.7 Å². The summed E-state index contributed by atoms with van der Waals surface area (Å²) in [5.41, 5.74) is 6.93. The molecule has 0 saturated carbocycles. The van der Waals surface area contributed by atoms with E-state index >= 15 is 0 Å². The standard InChI is InChI=1S/C34H39N5O5S/c1-5-39(6-2)26-18-17-25(29(19-26)43-21-24-13-9-8-10-14-24)20-35-38-30(40)22-44-28-16-12-11-15-27(28)32-31(33(41)42-7-3)23(4)36-34(45)37-32/h8-20,32H,5-7,21-22H2,1-4H3,(H,38,40)(H2,36,37,45)/t32-/m1/s1. The van der Waals surface area contributed by atoms with Crippen molar-refractivity contribution in [3.8, 4) is 11.5 Å². The molecule has 3 aromatic rings. The number of nitrogens with zero attached hydrogens (tertiary/aromatic N) is 2. The lowest BCUT2D eigenvalue weighted by Crippen LogP contribution is -2.45. The molecule has 0 bridgehead atoms. The van der Waals surface area contributed by atoms with Crippen LogP contribution in [0.25, 0.3) is 0 Å². The average Bonchev–Trinajstić information content (AvgIpc) is 3.04. The molecule has 0 aromatic heterocycles. The van der Waals surface area contributed by atoms with Crippen LogP contribution in [0.1, 0.15) is 50.4 Å². The molecule has 1 aliphatic rings. The molecule has 1 aliphatic heterocycles. The molecule has 0 saturated heterocycles. The van der Waals surface area contributed by atoms with E-state index in [2.05, 4.69) is 39.9 Å². The molecule has 0 unspecified atom stereocenters. The Morgan fingerprint density at radius 3 is 2.44 bits per heavy atom. The summed E-state index contributed by atoms with van der Waals surface area (Å²) in [5, 5.41) is 10.6. The van der Waals surface area contributed by atoms with Crippen molar-refractivity contribution < 1.29 is 23.8 Å². The van der Waals surface area contributed by atoms with Gasteiger partial charge < -0.3 is 29.7 Å². The molecule has 0 fully saturated rings. The molecule has 1 heterocycles. The molecular weight excluding hydrogens is 590 g/mol. The number of thiocarbonyl (C=S) groups is 1. The number of hydrogen-bond donors (Lipinski definition) is 3. The Hall–Kier alpha value is -4.90. The molecule has 10 nitrogen and oxygen atoms in total. The van der Waals surface area contributed by atoms with Gasteiger partial charge in [-0.25, -0.2) is 10.2 Å². The maximum Gasteiger partial charge on any atom is 0.338 e. The summed E-state index contributed by atoms with van der Waals surface area (Å²) in [7, 11) is 0. The van der Waals surface area contributed by atoms with Gasteiger partial charge in [-0.2, -0.15) is 5.10 Å². The number of para-hydroxylation sites is 1. The highest BCUT2D eigenvalue weighted by atomic mass is 32.1. The van der Waals surface area contributed by atoms with Crippen LogP contribution in [0.5, 0.6) is 11.5 Å². The van der Waals surface area contributed by atoms with E-state index in [-0.39, 0.29) is 13.2 Å². The van der Waals surface area contributed by atoms with Gasteiger partial charge in [0.25, 0.3) is 5.91 Å². The summed E-state index contributed by atoms with van der Waals surface area (Å²) >= 11 is 5.34. The van der Waals surface area contributed by atoms with Crippen molar-refractivity contribution in [1.82, 2.24) is 16.1 Å². The number of hydrogen-bond acceptors (Lipinski definition) is 8. The number of esters is 1. The van der Waals surface area contributed by atoms with Gasteiger partial charge in [0.2, 0.25) is 0 Å². The molecule has 3 aromatic carbocycles. The van der Waals surface area contributed by atoms with E-state index in [1.54, 1.807) is 32.2 Å². The van der Waals surface area contributed by atoms with Crippen LogP contribution in [0.4, 0.5) is 5.69 Å². The Morgan fingerprint density at radius 1 is 0.978 bits per heavy atom. The Bertz CT molecular complexity index is 1560. The van der Waals surface area contributed by atoms with E-state index in [1.807, 2.05) is 60.7 Å². The van der Waals surface area contributed by atoms with Gasteiger partial charge in [0.05, 0.1) is 24.4 Å². The number of hydrazone groups is 1. The highest BCUT2D eigenvalue weighted by molar-refractivity contribution is 7.80. The number of nitrogens with one attached hydrogen (secondary N) is 3. The number of ether oxygens (including phenoxy) is 3. The highest BCUT2D eigenvalue weighted by Gasteiger charge is 2.32. The predicted octanol–water partition coefficient (Wildman–Crippen LogP) is 5.00. The monoisotopic (exact) mass is 629 g/mol. The summed E-state index contributed by atoms with van der Waals surface area (Å²) < 4.78 is 17.4. The van der Waals surface area contributed by atoms with Crippen LogP contribution in [-0.4, -0.2) is 49.5 Å². The third kappa shape index (κ3) is 8.82. The number of rotatable bonds is 14. The first-order chi connectivity index (χ1) is 21.8. The predicted molar refractivity (Wildman–Crippen MR) is 179 cm³/mol. The van der Waals surface area contributed by atoms with Crippen LogP contribution < -0.4 is 30.4 Å². The summed E-state index contributed by atoms with van der Waals surface area (Å²) in [6, 6.07) is 22.3. The van der Waals surface area contributed by atoms with Crippen LogP contribution >= 0.6 is 12.2 Å². The SMILES string of the molecule is CCOC(=O)C1=C(C)NC(=S)N[C@@H]1c1ccccc1OCC(=O)NN=Cc1ccc(N(CC)CC)cc1OCc1ccccc1. The molecule has 11 heteroatoms. The molecule has 0 radical (unpaired) electrons. The number of carbonyl (C=O) groups excluding carboxylic acids is 2. The molecule has 0 spiro atoms. The lowest BCUT2D eigenvalue weighted by molar-refractivity contribution is -0.139. The zero-order chi connectivity index (χ0) is 32.2. The summed E-state index contributed by atoms with van der Waals surface area (Å²) in [5.74, 6) is 0.136. The third-order valence-electron chi connectivity index (χ3n) is 7.11. The fourth-order valence-electron chi connectivity index (χ4n) is 4.88. The van der Waals surface area contributed by atoms with Crippen LogP contribution in [0.2, 0.25) is 0 Å². The van der Waals surface area contributed by atoms with Crippen LogP contribution in [-0.2, 0) is 20.9 Å². The molecule has 1 atom stereocenters. The van der Waals surface area contributed by atoms with Crippen molar-refractivity contribution in [3.63, 3.8) is 0 Å². The van der Waals surface area contributed by atoms with Gasteiger partial charge in [0.15, 0.2) is 11.7 Å². The van der Waals surface area contributed by atoms with Crippen molar-refractivity contribution >= 4 is 41.1 Å².